The Morgan fingerprint density at radius 3 is 2.65 bits per heavy atom. The van der Waals surface area contributed by atoms with E-state index in [1.807, 2.05) is 18.0 Å². The Morgan fingerprint density at radius 1 is 1.24 bits per heavy atom. The van der Waals surface area contributed by atoms with E-state index in [9.17, 15) is 4.79 Å². The van der Waals surface area contributed by atoms with Gasteiger partial charge in [-0.05, 0) is 62.4 Å². The Kier molecular flexibility index (Phi) is 5.59. The predicted molar refractivity (Wildman–Crippen MR) is 129 cm³/mol. The first-order valence-electron chi connectivity index (χ1n) is 11.8. The third kappa shape index (κ3) is 3.64. The number of aryl methyl sites for hydroxylation is 1. The Morgan fingerprint density at radius 2 is 1.97 bits per heavy atom. The van der Waals surface area contributed by atoms with Crippen LogP contribution in [0.15, 0.2) is 18.7 Å². The summed E-state index contributed by atoms with van der Waals surface area (Å²) >= 11 is 0. The average Bonchev–Trinajstić information content (AvgIpc) is 3.42. The molecule has 0 saturated carbocycles. The lowest BCUT2D eigenvalue weighted by Crippen LogP contribution is -2.39. The molecule has 9 heteroatoms. The van der Waals surface area contributed by atoms with Gasteiger partial charge in [0.1, 0.15) is 6.33 Å². The molecule has 1 aliphatic rings. The van der Waals surface area contributed by atoms with Crippen molar-refractivity contribution in [3.63, 3.8) is 0 Å². The molecule has 0 unspecified atom stereocenters. The van der Waals surface area contributed by atoms with Gasteiger partial charge in [0, 0.05) is 23.1 Å². The van der Waals surface area contributed by atoms with Gasteiger partial charge >= 0.3 is 0 Å². The Balaban J connectivity index is 1.60. The molecule has 178 valence electrons. The number of fused-ring (bicyclic) bond motifs is 2. The fourth-order valence-electron chi connectivity index (χ4n) is 5.30. The molecule has 0 spiro atoms. The number of rotatable bonds is 5. The minimum atomic E-state index is -0.333. The van der Waals surface area contributed by atoms with Crippen LogP contribution in [0.4, 0.5) is 4.39 Å². The highest BCUT2D eigenvalue weighted by Crippen LogP contribution is 2.40. The number of primary amides is 1. The fraction of sp³-hybridized carbons (Fsp3) is 0.440. The predicted octanol–water partition coefficient (Wildman–Crippen LogP) is 3.82. The van der Waals surface area contributed by atoms with Gasteiger partial charge in [0.25, 0.3) is 0 Å². The van der Waals surface area contributed by atoms with E-state index in [2.05, 4.69) is 40.8 Å². The average molecular weight is 464 g/mol. The molecule has 1 amide bonds. The number of piperidine rings is 1. The van der Waals surface area contributed by atoms with E-state index in [-0.39, 0.29) is 30.1 Å². The number of pyridine rings is 2. The van der Waals surface area contributed by atoms with E-state index >= 15 is 4.39 Å². The van der Waals surface area contributed by atoms with Gasteiger partial charge in [-0.15, -0.1) is 0 Å². The third-order valence-electron chi connectivity index (χ3n) is 7.17. The van der Waals surface area contributed by atoms with Crippen molar-refractivity contribution in [3.8, 4) is 11.3 Å². The van der Waals surface area contributed by atoms with Crippen molar-refractivity contribution in [2.24, 2.45) is 5.73 Å². The molecule has 3 N–H and O–H groups in total. The number of halogens is 1. The molecule has 5 heterocycles. The molecular formula is C25H30FN7O. The number of carbonyl (C=O) groups is 1. The van der Waals surface area contributed by atoms with Crippen molar-refractivity contribution in [1.29, 1.82) is 0 Å². The number of H-pyrrole nitrogens is 1. The van der Waals surface area contributed by atoms with Crippen molar-refractivity contribution >= 4 is 22.5 Å². The summed E-state index contributed by atoms with van der Waals surface area (Å²) < 4.78 is 17.9. The monoisotopic (exact) mass is 463 g/mol. The minimum absolute atomic E-state index is 0.0161. The summed E-state index contributed by atoms with van der Waals surface area (Å²) in [5.74, 6) is -0.465. The number of nitrogens with zero attached hydrogens (tertiary/aromatic N) is 5. The first-order chi connectivity index (χ1) is 16.3. The van der Waals surface area contributed by atoms with E-state index in [4.69, 9.17) is 5.73 Å². The number of aromatic amines is 1. The number of hydrogen-bond acceptors (Lipinski definition) is 5. The molecule has 0 atom stereocenters. The van der Waals surface area contributed by atoms with Crippen molar-refractivity contribution in [2.75, 3.05) is 19.6 Å². The minimum Gasteiger partial charge on any atom is -0.369 e. The lowest BCUT2D eigenvalue weighted by Gasteiger charge is -2.30. The molecule has 4 aromatic rings. The van der Waals surface area contributed by atoms with Crippen LogP contribution >= 0.6 is 0 Å². The number of aromatic nitrogens is 5. The molecule has 0 aliphatic carbocycles. The van der Waals surface area contributed by atoms with Crippen LogP contribution in [0, 0.1) is 19.7 Å². The maximum atomic E-state index is 16.1. The van der Waals surface area contributed by atoms with Crippen molar-refractivity contribution in [3.05, 3.63) is 46.9 Å². The normalized spacial score (nSPS) is 15.7. The number of nitrogens with two attached hydrogens (primary N) is 1. The lowest BCUT2D eigenvalue weighted by molar-refractivity contribution is -0.119. The summed E-state index contributed by atoms with van der Waals surface area (Å²) in [5.41, 5.74) is 12.3. The molecular weight excluding hydrogens is 433 g/mol. The quantitative estimate of drug-likeness (QED) is 0.468. The lowest BCUT2D eigenvalue weighted by atomic mass is 9.90. The Labute approximate surface area is 197 Å². The highest BCUT2D eigenvalue weighted by Gasteiger charge is 2.29. The molecule has 4 aromatic heterocycles. The van der Waals surface area contributed by atoms with Crippen molar-refractivity contribution < 1.29 is 9.18 Å². The van der Waals surface area contributed by atoms with Crippen LogP contribution in [0.2, 0.25) is 0 Å². The molecule has 5 rings (SSSR count). The Hall–Kier alpha value is -3.33. The second-order valence-corrected chi connectivity index (χ2v) is 9.65. The fourth-order valence-corrected chi connectivity index (χ4v) is 5.30. The maximum absolute atomic E-state index is 16.1. The third-order valence-corrected chi connectivity index (χ3v) is 7.17. The van der Waals surface area contributed by atoms with Gasteiger partial charge in [0.05, 0.1) is 29.6 Å². The summed E-state index contributed by atoms with van der Waals surface area (Å²) in [7, 11) is 0. The zero-order chi connectivity index (χ0) is 24.1. The smallest absolute Gasteiger partial charge is 0.231 e. The van der Waals surface area contributed by atoms with Gasteiger partial charge in [-0.2, -0.15) is 5.10 Å². The molecule has 0 aromatic carbocycles. The second-order valence-electron chi connectivity index (χ2n) is 9.65. The largest absolute Gasteiger partial charge is 0.369 e. The number of carbonyl (C=O) groups excluding carboxylic acids is 1. The van der Waals surface area contributed by atoms with Crippen LogP contribution in [0.1, 0.15) is 60.9 Å². The topological polar surface area (TPSA) is 105 Å². The van der Waals surface area contributed by atoms with E-state index in [1.165, 1.54) is 0 Å². The standard InChI is InChI=1S/C25H30FN7O/c1-13(2)20-21-18(31-24(20)17-10-33-25(29-12-30-33)15(4)14(17)3)9-28-23(22(21)26)16-5-7-32(8-6-16)11-19(27)34/h9-10,12-13,16,31H,5-8,11H2,1-4H3,(H2,27,34). The van der Waals surface area contributed by atoms with Crippen molar-refractivity contribution in [2.45, 2.75) is 52.4 Å². The van der Waals surface area contributed by atoms with Gasteiger partial charge in [0.15, 0.2) is 11.5 Å². The number of nitrogens with one attached hydrogen (secondary N) is 1. The number of likely N-dealkylation sites (tertiary alicyclic amines) is 1. The molecule has 1 fully saturated rings. The van der Waals surface area contributed by atoms with Crippen LogP contribution in [-0.4, -0.2) is 55.0 Å². The summed E-state index contributed by atoms with van der Waals surface area (Å²) in [5, 5.41) is 4.94. The van der Waals surface area contributed by atoms with E-state index in [1.54, 1.807) is 17.0 Å². The molecule has 1 saturated heterocycles. The van der Waals surface area contributed by atoms with Gasteiger partial charge in [0.2, 0.25) is 5.91 Å². The van der Waals surface area contributed by atoms with Crippen LogP contribution in [0.3, 0.4) is 0 Å². The van der Waals surface area contributed by atoms with E-state index in [0.717, 1.165) is 46.4 Å². The molecule has 34 heavy (non-hydrogen) atoms. The van der Waals surface area contributed by atoms with Gasteiger partial charge in [-0.3, -0.25) is 14.7 Å². The maximum Gasteiger partial charge on any atom is 0.231 e. The molecule has 0 bridgehead atoms. The van der Waals surface area contributed by atoms with Crippen LogP contribution in [0.25, 0.3) is 27.8 Å². The highest BCUT2D eigenvalue weighted by molar-refractivity contribution is 5.92. The van der Waals surface area contributed by atoms with E-state index < -0.39 is 0 Å². The van der Waals surface area contributed by atoms with Crippen LogP contribution < -0.4 is 5.73 Å². The zero-order valence-corrected chi connectivity index (χ0v) is 20.0. The number of amides is 1. The summed E-state index contributed by atoms with van der Waals surface area (Å²) in [6, 6.07) is 0. The van der Waals surface area contributed by atoms with E-state index in [0.29, 0.717) is 29.7 Å². The van der Waals surface area contributed by atoms with Gasteiger partial charge in [-0.1, -0.05) is 13.8 Å². The molecule has 1 aliphatic heterocycles. The summed E-state index contributed by atoms with van der Waals surface area (Å²) in [4.78, 5) is 25.6. The number of hydrogen-bond donors (Lipinski definition) is 2. The van der Waals surface area contributed by atoms with Crippen LogP contribution in [-0.2, 0) is 4.79 Å². The van der Waals surface area contributed by atoms with Crippen LogP contribution in [0.5, 0.6) is 0 Å². The van der Waals surface area contributed by atoms with Gasteiger partial charge < -0.3 is 10.7 Å². The molecule has 0 radical (unpaired) electrons. The second kappa shape index (κ2) is 8.47. The SMILES string of the molecule is Cc1c(-c2[nH]c3cnc(C4CCN(CC(N)=O)CC4)c(F)c3c2C(C)C)cn2ncnc2c1C. The molecule has 8 nitrogen and oxygen atoms in total. The zero-order valence-electron chi connectivity index (χ0n) is 20.0. The first kappa shape index (κ1) is 22.5. The van der Waals surface area contributed by atoms with Gasteiger partial charge in [-0.25, -0.2) is 13.9 Å². The summed E-state index contributed by atoms with van der Waals surface area (Å²) in [6.07, 6.45) is 6.76. The highest BCUT2D eigenvalue weighted by atomic mass is 19.1. The van der Waals surface area contributed by atoms with Crippen molar-refractivity contribution in [1.82, 2.24) is 29.5 Å². The summed E-state index contributed by atoms with van der Waals surface area (Å²) in [6.45, 7) is 9.93. The Bertz CT molecular complexity index is 1400. The first-order valence-corrected chi connectivity index (χ1v) is 11.8.